The Balaban J connectivity index is 2.02. The molecule has 1 aromatic heterocycles. The molecule has 1 aliphatic rings. The maximum Gasteiger partial charge on any atom is 0.268 e. The highest BCUT2D eigenvalue weighted by Gasteiger charge is 2.31. The summed E-state index contributed by atoms with van der Waals surface area (Å²) in [5.41, 5.74) is 6.74. The largest absolute Gasteiger partial charge is 0.397 e. The van der Waals surface area contributed by atoms with E-state index in [0.29, 0.717) is 30.8 Å². The Kier molecular flexibility index (Phi) is 4.37. The molecule has 112 valence electrons. The Morgan fingerprint density at radius 2 is 2.30 bits per heavy atom. The number of hydrogen-bond donors (Lipinski definition) is 2. The van der Waals surface area contributed by atoms with Gasteiger partial charge in [0.2, 0.25) is 0 Å². The van der Waals surface area contributed by atoms with Gasteiger partial charge in [-0.1, -0.05) is 6.92 Å². The van der Waals surface area contributed by atoms with Crippen LogP contribution in [0.25, 0.3) is 0 Å². The van der Waals surface area contributed by atoms with Crippen LogP contribution in [0.3, 0.4) is 0 Å². The number of amides is 1. The minimum atomic E-state index is -3.03. The molecule has 1 atom stereocenters. The molecule has 0 bridgehead atoms. The zero-order chi connectivity index (χ0) is 14.8. The van der Waals surface area contributed by atoms with Crippen molar-refractivity contribution >= 4 is 21.4 Å². The van der Waals surface area contributed by atoms with E-state index in [2.05, 4.69) is 5.32 Å². The van der Waals surface area contributed by atoms with Crippen LogP contribution in [0.15, 0.2) is 12.3 Å². The van der Waals surface area contributed by atoms with Crippen LogP contribution in [0.5, 0.6) is 0 Å². The van der Waals surface area contributed by atoms with E-state index in [0.717, 1.165) is 6.42 Å². The zero-order valence-electron chi connectivity index (χ0n) is 11.6. The van der Waals surface area contributed by atoms with Gasteiger partial charge in [0.05, 0.1) is 16.7 Å². The van der Waals surface area contributed by atoms with Gasteiger partial charge in [-0.15, -0.1) is 0 Å². The minimum Gasteiger partial charge on any atom is -0.397 e. The van der Waals surface area contributed by atoms with Crippen molar-refractivity contribution in [1.29, 1.82) is 0 Å². The number of rotatable bonds is 5. The van der Waals surface area contributed by atoms with Crippen molar-refractivity contribution in [3.05, 3.63) is 18.0 Å². The number of nitrogens with one attached hydrogen (secondary N) is 1. The summed E-state index contributed by atoms with van der Waals surface area (Å²) < 4.78 is 25.2. The van der Waals surface area contributed by atoms with Gasteiger partial charge in [0, 0.05) is 19.3 Å². The normalized spacial score (nSPS) is 20.9. The van der Waals surface area contributed by atoms with Crippen molar-refractivity contribution < 1.29 is 13.2 Å². The van der Waals surface area contributed by atoms with E-state index in [-0.39, 0.29) is 18.2 Å². The predicted octanol–water partition coefficient (Wildman–Crippen LogP) is 0.787. The van der Waals surface area contributed by atoms with Gasteiger partial charge in [0.1, 0.15) is 5.69 Å². The first-order valence-corrected chi connectivity index (χ1v) is 8.61. The van der Waals surface area contributed by atoms with Crippen LogP contribution in [0.4, 0.5) is 5.69 Å². The predicted molar refractivity (Wildman–Crippen MR) is 78.3 cm³/mol. The van der Waals surface area contributed by atoms with Gasteiger partial charge in [-0.3, -0.25) is 4.79 Å². The van der Waals surface area contributed by atoms with Crippen molar-refractivity contribution in [2.45, 2.75) is 38.0 Å². The average molecular weight is 299 g/mol. The van der Waals surface area contributed by atoms with E-state index in [9.17, 15) is 13.2 Å². The molecule has 2 heterocycles. The average Bonchev–Trinajstić information content (AvgIpc) is 2.90. The van der Waals surface area contributed by atoms with Crippen molar-refractivity contribution in [1.82, 2.24) is 9.88 Å². The van der Waals surface area contributed by atoms with Crippen LogP contribution in [0, 0.1) is 0 Å². The summed E-state index contributed by atoms with van der Waals surface area (Å²) in [7, 11) is -3.03. The molecule has 6 nitrogen and oxygen atoms in total. The molecule has 20 heavy (non-hydrogen) atoms. The van der Waals surface area contributed by atoms with Crippen LogP contribution in [0.1, 0.15) is 36.7 Å². The number of anilines is 1. The molecule has 0 spiro atoms. The molecule has 1 fully saturated rings. The third kappa shape index (κ3) is 3.15. The quantitative estimate of drug-likeness (QED) is 0.840. The monoisotopic (exact) mass is 299 g/mol. The van der Waals surface area contributed by atoms with E-state index in [1.165, 1.54) is 0 Å². The van der Waals surface area contributed by atoms with Crippen LogP contribution < -0.4 is 11.1 Å². The summed E-state index contributed by atoms with van der Waals surface area (Å²) in [6, 6.07) is 1.62. The molecular formula is C13H21N3O3S. The van der Waals surface area contributed by atoms with Gasteiger partial charge in [-0.05, 0) is 25.3 Å². The number of nitrogen functional groups attached to an aromatic ring is 1. The number of nitrogens with zero attached hydrogens (tertiary/aromatic N) is 1. The number of carbonyl (C=O) groups excluding carboxylic acids is 1. The number of hydrogen-bond acceptors (Lipinski definition) is 4. The lowest BCUT2D eigenvalue weighted by atomic mass is 10.2. The first kappa shape index (κ1) is 14.9. The highest BCUT2D eigenvalue weighted by Crippen LogP contribution is 2.19. The highest BCUT2D eigenvalue weighted by atomic mass is 32.2. The topological polar surface area (TPSA) is 94.2 Å². The summed E-state index contributed by atoms with van der Waals surface area (Å²) in [6.07, 6.45) is 3.93. The summed E-state index contributed by atoms with van der Waals surface area (Å²) in [5, 5.41) is 2.27. The standard InChI is InChI=1S/C13H21N3O3S/c1-2-5-16-9-10(14)7-12(16)13(17)15-8-11-4-3-6-20(11,18)19/h7,9,11H,2-6,8,14H2,1H3,(H,15,17). The SMILES string of the molecule is CCCn1cc(N)cc1C(=O)NCC1CCCS1(=O)=O. The number of aryl methyl sites for hydroxylation is 1. The maximum atomic E-state index is 12.1. The van der Waals surface area contributed by atoms with Gasteiger partial charge in [0.15, 0.2) is 9.84 Å². The number of aromatic nitrogens is 1. The lowest BCUT2D eigenvalue weighted by Crippen LogP contribution is -2.35. The second-order valence-electron chi connectivity index (χ2n) is 5.19. The molecular weight excluding hydrogens is 278 g/mol. The molecule has 7 heteroatoms. The molecule has 0 aliphatic carbocycles. The van der Waals surface area contributed by atoms with Gasteiger partial charge in [-0.25, -0.2) is 8.42 Å². The fourth-order valence-electron chi connectivity index (χ4n) is 2.53. The molecule has 0 saturated carbocycles. The molecule has 1 amide bonds. The smallest absolute Gasteiger partial charge is 0.268 e. The summed E-state index contributed by atoms with van der Waals surface area (Å²) in [4.78, 5) is 12.1. The van der Waals surface area contributed by atoms with Gasteiger partial charge in [-0.2, -0.15) is 0 Å². The van der Waals surface area contributed by atoms with E-state index < -0.39 is 15.1 Å². The summed E-state index contributed by atoms with van der Waals surface area (Å²) in [6.45, 7) is 2.91. The molecule has 1 aliphatic heterocycles. The molecule has 3 N–H and O–H groups in total. The second kappa shape index (κ2) is 5.87. The number of carbonyl (C=O) groups is 1. The summed E-state index contributed by atoms with van der Waals surface area (Å²) >= 11 is 0. The first-order chi connectivity index (χ1) is 9.44. The lowest BCUT2D eigenvalue weighted by Gasteiger charge is -2.12. The lowest BCUT2D eigenvalue weighted by molar-refractivity contribution is 0.0944. The Bertz CT molecular complexity index is 592. The Morgan fingerprint density at radius 1 is 1.55 bits per heavy atom. The molecule has 1 saturated heterocycles. The fraction of sp³-hybridized carbons (Fsp3) is 0.615. The molecule has 0 radical (unpaired) electrons. The third-order valence-corrected chi connectivity index (χ3v) is 5.84. The van der Waals surface area contributed by atoms with Crippen molar-refractivity contribution in [2.75, 3.05) is 18.0 Å². The van der Waals surface area contributed by atoms with Crippen molar-refractivity contribution in [3.8, 4) is 0 Å². The van der Waals surface area contributed by atoms with Gasteiger partial charge in [0.25, 0.3) is 5.91 Å². The fourth-order valence-corrected chi connectivity index (χ4v) is 4.30. The van der Waals surface area contributed by atoms with E-state index in [1.807, 2.05) is 6.92 Å². The second-order valence-corrected chi connectivity index (χ2v) is 7.59. The first-order valence-electron chi connectivity index (χ1n) is 6.89. The summed E-state index contributed by atoms with van der Waals surface area (Å²) in [5.74, 6) is -0.0376. The molecule has 2 rings (SSSR count). The van der Waals surface area contributed by atoms with Crippen LogP contribution in [0.2, 0.25) is 0 Å². The highest BCUT2D eigenvalue weighted by molar-refractivity contribution is 7.92. The van der Waals surface area contributed by atoms with E-state index >= 15 is 0 Å². The zero-order valence-corrected chi connectivity index (χ0v) is 12.4. The van der Waals surface area contributed by atoms with E-state index in [1.54, 1.807) is 16.8 Å². The van der Waals surface area contributed by atoms with Crippen molar-refractivity contribution in [2.24, 2.45) is 0 Å². The van der Waals surface area contributed by atoms with Gasteiger partial charge >= 0.3 is 0 Å². The number of sulfone groups is 1. The Hall–Kier alpha value is -1.50. The molecule has 1 unspecified atom stereocenters. The maximum absolute atomic E-state index is 12.1. The third-order valence-electron chi connectivity index (χ3n) is 3.57. The number of nitrogens with two attached hydrogens (primary N) is 1. The van der Waals surface area contributed by atoms with Gasteiger partial charge < -0.3 is 15.6 Å². The Labute approximate surface area is 119 Å². The van der Waals surface area contributed by atoms with Crippen LogP contribution in [-0.2, 0) is 16.4 Å². The van der Waals surface area contributed by atoms with Crippen LogP contribution >= 0.6 is 0 Å². The van der Waals surface area contributed by atoms with Crippen LogP contribution in [-0.4, -0.2) is 36.4 Å². The molecule has 0 aromatic carbocycles. The Morgan fingerprint density at radius 3 is 2.90 bits per heavy atom. The van der Waals surface area contributed by atoms with E-state index in [4.69, 9.17) is 5.73 Å². The molecule has 1 aromatic rings. The van der Waals surface area contributed by atoms with Crippen molar-refractivity contribution in [3.63, 3.8) is 0 Å². The minimum absolute atomic E-state index is 0.179.